The Morgan fingerprint density at radius 1 is 1.12 bits per heavy atom. The number of esters is 1. The van der Waals surface area contributed by atoms with Crippen molar-refractivity contribution in [1.82, 2.24) is 0 Å². The van der Waals surface area contributed by atoms with Crippen LogP contribution < -0.4 is 15.2 Å². The average Bonchev–Trinajstić information content (AvgIpc) is 3.14. The maximum absolute atomic E-state index is 14.6. The number of nitriles is 1. The van der Waals surface area contributed by atoms with Crippen molar-refractivity contribution in [3.8, 4) is 17.6 Å². The van der Waals surface area contributed by atoms with Crippen molar-refractivity contribution in [2.45, 2.75) is 5.92 Å². The van der Waals surface area contributed by atoms with Gasteiger partial charge in [0.25, 0.3) is 0 Å². The second-order valence-electron chi connectivity index (χ2n) is 7.42. The minimum Gasteiger partial charge on any atom is -0.440 e. The van der Waals surface area contributed by atoms with Crippen molar-refractivity contribution in [2.75, 3.05) is 0 Å². The van der Waals surface area contributed by atoms with Gasteiger partial charge in [0, 0.05) is 32.3 Å². The number of fused-ring (bicyclic) bond motifs is 2. The van der Waals surface area contributed by atoms with Gasteiger partial charge in [-0.15, -0.1) is 11.3 Å². The number of rotatable bonds is 3. The van der Waals surface area contributed by atoms with Crippen molar-refractivity contribution < 1.29 is 18.7 Å². The van der Waals surface area contributed by atoms with Gasteiger partial charge in [0.2, 0.25) is 5.88 Å². The van der Waals surface area contributed by atoms with Crippen molar-refractivity contribution in [2.24, 2.45) is 5.73 Å². The monoisotopic (exact) mass is 510 g/mol. The van der Waals surface area contributed by atoms with E-state index >= 15 is 0 Å². The standard InChI is InChI=1S/C25H13Cl2FN2O3S/c26-12-5-7-16-20(9-12)34-23(22(16)27)25(31)32-13-6-8-15-19(10-13)33-24(30)17(11-29)21(15)14-3-1-2-4-18(14)28/h1-10,21H,30H2. The Morgan fingerprint density at radius 2 is 1.91 bits per heavy atom. The highest BCUT2D eigenvalue weighted by molar-refractivity contribution is 7.21. The van der Waals surface area contributed by atoms with Crippen LogP contribution in [0.5, 0.6) is 11.5 Å². The molecule has 1 aliphatic rings. The van der Waals surface area contributed by atoms with E-state index in [-0.39, 0.29) is 38.4 Å². The molecule has 2 heterocycles. The van der Waals surface area contributed by atoms with Gasteiger partial charge >= 0.3 is 5.97 Å². The molecule has 0 radical (unpaired) electrons. The highest BCUT2D eigenvalue weighted by atomic mass is 35.5. The van der Waals surface area contributed by atoms with Crippen LogP contribution >= 0.6 is 34.5 Å². The molecule has 1 aliphatic heterocycles. The average molecular weight is 511 g/mol. The number of hydrogen-bond acceptors (Lipinski definition) is 6. The minimum absolute atomic E-state index is 0.0954. The maximum Gasteiger partial charge on any atom is 0.355 e. The van der Waals surface area contributed by atoms with Gasteiger partial charge in [-0.25, -0.2) is 9.18 Å². The van der Waals surface area contributed by atoms with Crippen LogP contribution in [-0.4, -0.2) is 5.97 Å². The fourth-order valence-electron chi connectivity index (χ4n) is 3.85. The molecule has 2 N–H and O–H groups in total. The molecule has 0 bridgehead atoms. The first-order valence-corrected chi connectivity index (χ1v) is 11.5. The molecule has 168 valence electrons. The molecule has 0 saturated heterocycles. The molecule has 1 aromatic heterocycles. The molecule has 5 rings (SSSR count). The number of halogens is 3. The van der Waals surface area contributed by atoms with Crippen LogP contribution in [0.15, 0.2) is 72.1 Å². The van der Waals surface area contributed by atoms with E-state index in [0.29, 0.717) is 16.0 Å². The fourth-order valence-corrected chi connectivity index (χ4v) is 5.51. The molecule has 1 unspecified atom stereocenters. The van der Waals surface area contributed by atoms with Gasteiger partial charge < -0.3 is 15.2 Å². The lowest BCUT2D eigenvalue weighted by molar-refractivity contribution is 0.0740. The highest BCUT2D eigenvalue weighted by Crippen LogP contribution is 2.44. The summed E-state index contributed by atoms with van der Waals surface area (Å²) >= 11 is 13.6. The van der Waals surface area contributed by atoms with Gasteiger partial charge in [-0.2, -0.15) is 5.26 Å². The molecule has 3 aromatic carbocycles. The molecular weight excluding hydrogens is 498 g/mol. The van der Waals surface area contributed by atoms with Crippen LogP contribution in [0.4, 0.5) is 4.39 Å². The number of benzene rings is 3. The highest BCUT2D eigenvalue weighted by Gasteiger charge is 2.32. The number of ether oxygens (including phenoxy) is 2. The Hall–Kier alpha value is -3.57. The molecule has 34 heavy (non-hydrogen) atoms. The molecule has 0 saturated carbocycles. The van der Waals surface area contributed by atoms with Gasteiger partial charge in [-0.05, 0) is 24.3 Å². The van der Waals surface area contributed by atoms with E-state index in [1.165, 1.54) is 23.5 Å². The van der Waals surface area contributed by atoms with Crippen molar-refractivity contribution >= 4 is 50.6 Å². The summed E-state index contributed by atoms with van der Waals surface area (Å²) in [6, 6.07) is 17.9. The predicted octanol–water partition coefficient (Wildman–Crippen LogP) is 6.78. The minimum atomic E-state index is -0.763. The summed E-state index contributed by atoms with van der Waals surface area (Å²) in [6.07, 6.45) is 0. The molecule has 0 fully saturated rings. The summed E-state index contributed by atoms with van der Waals surface area (Å²) in [5.41, 5.74) is 6.88. The van der Waals surface area contributed by atoms with E-state index in [1.807, 2.05) is 6.07 Å². The maximum atomic E-state index is 14.6. The van der Waals surface area contributed by atoms with Crippen molar-refractivity contribution in [3.63, 3.8) is 0 Å². The molecule has 0 amide bonds. The second-order valence-corrected chi connectivity index (χ2v) is 9.29. The van der Waals surface area contributed by atoms with E-state index < -0.39 is 17.7 Å². The second kappa shape index (κ2) is 8.65. The molecule has 0 aliphatic carbocycles. The number of allylic oxidation sites excluding steroid dienone is 1. The summed E-state index contributed by atoms with van der Waals surface area (Å²) in [5.74, 6) is -1.60. The normalized spacial score (nSPS) is 14.9. The molecule has 1 atom stereocenters. The number of thiophene rings is 1. The summed E-state index contributed by atoms with van der Waals surface area (Å²) in [6.45, 7) is 0. The number of carbonyl (C=O) groups is 1. The lowest BCUT2D eigenvalue weighted by Crippen LogP contribution is -2.21. The Morgan fingerprint density at radius 3 is 2.68 bits per heavy atom. The zero-order valence-electron chi connectivity index (χ0n) is 17.1. The number of carbonyl (C=O) groups excluding carboxylic acids is 1. The van der Waals surface area contributed by atoms with Crippen LogP contribution in [0.2, 0.25) is 10.0 Å². The lowest BCUT2D eigenvalue weighted by Gasteiger charge is -2.26. The first-order valence-electron chi connectivity index (χ1n) is 9.93. The SMILES string of the molecule is N#CC1=C(N)Oc2cc(OC(=O)c3sc4cc(Cl)ccc4c3Cl)ccc2C1c1ccccc1F. The first kappa shape index (κ1) is 22.2. The van der Waals surface area contributed by atoms with Crippen LogP contribution in [0.3, 0.4) is 0 Å². The van der Waals surface area contributed by atoms with E-state index in [0.717, 1.165) is 4.70 Å². The predicted molar refractivity (Wildman–Crippen MR) is 129 cm³/mol. The number of nitrogens with two attached hydrogens (primary N) is 1. The third kappa shape index (κ3) is 3.76. The van der Waals surface area contributed by atoms with E-state index in [9.17, 15) is 14.4 Å². The molecular formula is C25H13Cl2FN2O3S. The molecule has 0 spiro atoms. The Kier molecular flexibility index (Phi) is 5.66. The van der Waals surface area contributed by atoms with Gasteiger partial charge in [0.1, 0.15) is 33.8 Å². The number of hydrogen-bond donors (Lipinski definition) is 1. The quantitative estimate of drug-likeness (QED) is 0.242. The van der Waals surface area contributed by atoms with Gasteiger partial charge in [-0.1, -0.05) is 53.5 Å². The van der Waals surface area contributed by atoms with Gasteiger partial charge in [-0.3, -0.25) is 0 Å². The summed E-state index contributed by atoms with van der Waals surface area (Å²) < 4.78 is 26.5. The Balaban J connectivity index is 1.50. The summed E-state index contributed by atoms with van der Waals surface area (Å²) in [4.78, 5) is 13.1. The fraction of sp³-hybridized carbons (Fsp3) is 0.0400. The molecule has 9 heteroatoms. The van der Waals surface area contributed by atoms with E-state index in [2.05, 4.69) is 0 Å². The third-order valence-corrected chi connectivity index (χ3v) is 7.27. The van der Waals surface area contributed by atoms with E-state index in [4.69, 9.17) is 38.4 Å². The van der Waals surface area contributed by atoms with Crippen molar-refractivity contribution in [1.29, 1.82) is 5.26 Å². The number of nitrogens with zero attached hydrogens (tertiary/aromatic N) is 1. The van der Waals surface area contributed by atoms with Gasteiger partial charge in [0.15, 0.2) is 0 Å². The van der Waals surface area contributed by atoms with Crippen LogP contribution in [0.25, 0.3) is 10.1 Å². The van der Waals surface area contributed by atoms with E-state index in [1.54, 1.807) is 48.5 Å². The van der Waals surface area contributed by atoms with Crippen LogP contribution in [-0.2, 0) is 0 Å². The summed E-state index contributed by atoms with van der Waals surface area (Å²) in [7, 11) is 0. The third-order valence-electron chi connectivity index (χ3n) is 5.39. The van der Waals surface area contributed by atoms with Crippen LogP contribution in [0.1, 0.15) is 26.7 Å². The lowest BCUT2D eigenvalue weighted by atomic mass is 9.83. The topological polar surface area (TPSA) is 85.3 Å². The van der Waals surface area contributed by atoms with Crippen molar-refractivity contribution in [3.05, 3.63) is 104 Å². The zero-order valence-corrected chi connectivity index (χ0v) is 19.5. The zero-order chi connectivity index (χ0) is 24.0. The Bertz CT molecular complexity index is 1560. The molecule has 4 aromatic rings. The van der Waals surface area contributed by atoms with Gasteiger partial charge in [0.05, 0.1) is 10.9 Å². The summed E-state index contributed by atoms with van der Waals surface area (Å²) in [5, 5.41) is 11.1. The largest absolute Gasteiger partial charge is 0.440 e. The smallest absolute Gasteiger partial charge is 0.355 e. The first-order chi connectivity index (χ1) is 16.4. The molecule has 5 nitrogen and oxygen atoms in total. The van der Waals surface area contributed by atoms with Crippen LogP contribution in [0, 0.1) is 17.1 Å². The Labute approximate surface area is 207 Å².